The number of rotatable bonds is 16. The SMILES string of the molecule is CCCCCCCCCCCCCCc1ccc(Oc2ccc([O-])cc2S(=O)(=O)O)cc1.[Na+]. The Kier molecular flexibility index (Phi) is 15.0. The van der Waals surface area contributed by atoms with Crippen molar-refractivity contribution in [1.29, 1.82) is 0 Å². The summed E-state index contributed by atoms with van der Waals surface area (Å²) in [6.45, 7) is 2.26. The van der Waals surface area contributed by atoms with Gasteiger partial charge in [-0.1, -0.05) is 95.8 Å². The number of hydrogen-bond donors (Lipinski definition) is 1. The quantitative estimate of drug-likeness (QED) is 0.221. The number of hydrogen-bond acceptors (Lipinski definition) is 4. The molecule has 0 spiro atoms. The molecule has 2 rings (SSSR count). The molecule has 0 aliphatic heterocycles. The molecule has 0 aliphatic rings. The Hall–Kier alpha value is -1.05. The van der Waals surface area contributed by atoms with Gasteiger partial charge in [0.25, 0.3) is 10.1 Å². The molecule has 5 nitrogen and oxygen atoms in total. The van der Waals surface area contributed by atoms with Crippen LogP contribution in [0, 0.1) is 0 Å². The molecule has 2 aromatic rings. The molecule has 0 aliphatic carbocycles. The standard InChI is InChI=1S/C26H38O5S.Na/c1-2-3-4-5-6-7-8-9-10-11-12-13-14-22-15-18-24(19-16-22)31-25-20-17-23(27)21-26(25)32(28,29)30;/h15-21,27H,2-14H2,1H3,(H,28,29,30);/q;+1/p-1. The molecular weight excluding hydrogens is 447 g/mol. The van der Waals surface area contributed by atoms with E-state index in [1.165, 1.54) is 88.3 Å². The minimum absolute atomic E-state index is 0. The third kappa shape index (κ3) is 12.3. The van der Waals surface area contributed by atoms with Crippen LogP contribution in [0.4, 0.5) is 0 Å². The molecular formula is C26H37NaO5S. The van der Waals surface area contributed by atoms with Crippen LogP contribution in [0.2, 0.25) is 0 Å². The second-order valence-corrected chi connectivity index (χ2v) is 9.86. The first-order valence-corrected chi connectivity index (χ1v) is 13.4. The van der Waals surface area contributed by atoms with Gasteiger partial charge in [0, 0.05) is 0 Å². The first kappa shape index (κ1) is 30.0. The summed E-state index contributed by atoms with van der Waals surface area (Å²) < 4.78 is 37.9. The summed E-state index contributed by atoms with van der Waals surface area (Å²) in [5.74, 6) is -0.129. The van der Waals surface area contributed by atoms with Crippen molar-refractivity contribution in [1.82, 2.24) is 0 Å². The molecule has 0 fully saturated rings. The van der Waals surface area contributed by atoms with Crippen molar-refractivity contribution in [3.05, 3.63) is 48.0 Å². The third-order valence-electron chi connectivity index (χ3n) is 5.66. The molecule has 7 heteroatoms. The van der Waals surface area contributed by atoms with E-state index in [1.807, 2.05) is 12.1 Å². The second kappa shape index (κ2) is 16.6. The Bertz CT molecular complexity index is 897. The van der Waals surface area contributed by atoms with Crippen molar-refractivity contribution in [3.8, 4) is 17.2 Å². The summed E-state index contributed by atoms with van der Waals surface area (Å²) in [5, 5.41) is 11.4. The van der Waals surface area contributed by atoms with Gasteiger partial charge in [0.15, 0.2) is 0 Å². The summed E-state index contributed by atoms with van der Waals surface area (Å²) in [5.41, 5.74) is 1.20. The molecule has 0 radical (unpaired) electrons. The van der Waals surface area contributed by atoms with Crippen LogP contribution in [0.5, 0.6) is 17.2 Å². The molecule has 0 amide bonds. The summed E-state index contributed by atoms with van der Waals surface area (Å²) >= 11 is 0. The van der Waals surface area contributed by atoms with Crippen molar-refractivity contribution in [2.45, 2.75) is 95.3 Å². The maximum Gasteiger partial charge on any atom is 1.00 e. The summed E-state index contributed by atoms with van der Waals surface area (Å²) in [4.78, 5) is -0.523. The fourth-order valence-electron chi connectivity index (χ4n) is 3.80. The van der Waals surface area contributed by atoms with Crippen LogP contribution in [-0.2, 0) is 16.5 Å². The van der Waals surface area contributed by atoms with E-state index in [-0.39, 0.29) is 35.3 Å². The molecule has 0 bridgehead atoms. The van der Waals surface area contributed by atoms with E-state index in [4.69, 9.17) is 4.74 Å². The monoisotopic (exact) mass is 484 g/mol. The minimum atomic E-state index is -4.54. The van der Waals surface area contributed by atoms with Gasteiger partial charge < -0.3 is 9.84 Å². The van der Waals surface area contributed by atoms with E-state index in [1.54, 1.807) is 12.1 Å². The molecule has 0 aromatic heterocycles. The van der Waals surface area contributed by atoms with E-state index >= 15 is 0 Å². The third-order valence-corrected chi connectivity index (χ3v) is 6.54. The zero-order chi connectivity index (χ0) is 23.2. The molecule has 0 saturated carbocycles. The van der Waals surface area contributed by atoms with Crippen molar-refractivity contribution in [3.63, 3.8) is 0 Å². The van der Waals surface area contributed by atoms with Crippen LogP contribution in [-0.4, -0.2) is 13.0 Å². The largest absolute Gasteiger partial charge is 1.00 e. The molecule has 0 atom stereocenters. The Morgan fingerprint density at radius 1 is 0.788 bits per heavy atom. The van der Waals surface area contributed by atoms with Crippen molar-refractivity contribution in [2.24, 2.45) is 0 Å². The first-order valence-electron chi connectivity index (χ1n) is 12.0. The van der Waals surface area contributed by atoms with Gasteiger partial charge in [-0.2, -0.15) is 8.42 Å². The fraction of sp³-hybridized carbons (Fsp3) is 0.538. The van der Waals surface area contributed by atoms with Gasteiger partial charge in [0.1, 0.15) is 16.4 Å². The molecule has 0 heterocycles. The van der Waals surface area contributed by atoms with Crippen LogP contribution in [0.15, 0.2) is 47.4 Å². The van der Waals surface area contributed by atoms with Crippen LogP contribution in [0.3, 0.4) is 0 Å². The van der Waals surface area contributed by atoms with Gasteiger partial charge in [-0.25, -0.2) is 0 Å². The number of unbranched alkanes of at least 4 members (excludes halogenated alkanes) is 11. The van der Waals surface area contributed by atoms with E-state index in [0.717, 1.165) is 18.9 Å². The zero-order valence-electron chi connectivity index (χ0n) is 20.2. The van der Waals surface area contributed by atoms with Crippen molar-refractivity contribution >= 4 is 10.1 Å². The Balaban J connectivity index is 0.00000544. The molecule has 33 heavy (non-hydrogen) atoms. The van der Waals surface area contributed by atoms with E-state index in [2.05, 4.69) is 6.92 Å². The van der Waals surface area contributed by atoms with E-state index in [0.29, 0.717) is 5.75 Å². The van der Waals surface area contributed by atoms with Gasteiger partial charge in [-0.3, -0.25) is 4.55 Å². The molecule has 0 saturated heterocycles. The Morgan fingerprint density at radius 3 is 1.82 bits per heavy atom. The van der Waals surface area contributed by atoms with Crippen LogP contribution < -0.4 is 39.4 Å². The number of ether oxygens (including phenoxy) is 1. The summed E-state index contributed by atoms with van der Waals surface area (Å²) in [6.07, 6.45) is 16.9. The minimum Gasteiger partial charge on any atom is -0.872 e. The average Bonchev–Trinajstić information content (AvgIpc) is 2.76. The topological polar surface area (TPSA) is 86.7 Å². The van der Waals surface area contributed by atoms with Crippen LogP contribution >= 0.6 is 0 Å². The van der Waals surface area contributed by atoms with Gasteiger partial charge in [0.2, 0.25) is 0 Å². The van der Waals surface area contributed by atoms with Gasteiger partial charge in [0.05, 0.1) is 0 Å². The second-order valence-electron chi connectivity index (χ2n) is 8.47. The first-order chi connectivity index (χ1) is 15.4. The maximum atomic E-state index is 11.5. The van der Waals surface area contributed by atoms with Gasteiger partial charge in [-0.15, -0.1) is 5.75 Å². The molecule has 2 aromatic carbocycles. The Labute approximate surface area is 222 Å². The van der Waals surface area contributed by atoms with Crippen molar-refractivity contribution < 1.29 is 52.4 Å². The smallest absolute Gasteiger partial charge is 0.872 e. The van der Waals surface area contributed by atoms with Crippen LogP contribution in [0.1, 0.15) is 89.5 Å². The number of benzene rings is 2. The normalized spacial score (nSPS) is 11.2. The predicted octanol–water partition coefficient (Wildman–Crippen LogP) is 4.05. The fourth-order valence-corrected chi connectivity index (χ4v) is 4.42. The van der Waals surface area contributed by atoms with Crippen molar-refractivity contribution in [2.75, 3.05) is 0 Å². The molecule has 1 N–H and O–H groups in total. The zero-order valence-corrected chi connectivity index (χ0v) is 23.0. The summed E-state index contributed by atoms with van der Waals surface area (Å²) in [6, 6.07) is 10.8. The average molecular weight is 485 g/mol. The number of aryl methyl sites for hydroxylation is 1. The molecule has 178 valence electrons. The van der Waals surface area contributed by atoms with E-state index in [9.17, 15) is 18.1 Å². The molecule has 0 unspecified atom stereocenters. The van der Waals surface area contributed by atoms with Crippen LogP contribution in [0.25, 0.3) is 0 Å². The summed E-state index contributed by atoms with van der Waals surface area (Å²) in [7, 11) is -4.54. The maximum absolute atomic E-state index is 11.5. The van der Waals surface area contributed by atoms with E-state index < -0.39 is 20.8 Å². The Morgan fingerprint density at radius 2 is 1.30 bits per heavy atom. The predicted molar refractivity (Wildman–Crippen MR) is 127 cm³/mol. The van der Waals surface area contributed by atoms with Gasteiger partial charge >= 0.3 is 29.6 Å². The van der Waals surface area contributed by atoms with Gasteiger partial charge in [-0.05, 0) is 42.7 Å².